The molecule has 19 heavy (non-hydrogen) atoms. The van der Waals surface area contributed by atoms with E-state index >= 15 is 0 Å². The van der Waals surface area contributed by atoms with Crippen LogP contribution in [0.5, 0.6) is 11.8 Å². The molecule has 2 aromatic rings. The predicted octanol–water partition coefficient (Wildman–Crippen LogP) is 1.77. The molecule has 100 valence electrons. The summed E-state index contributed by atoms with van der Waals surface area (Å²) < 4.78 is 11.4. The van der Waals surface area contributed by atoms with Crippen LogP contribution in [0.25, 0.3) is 11.0 Å². The van der Waals surface area contributed by atoms with E-state index in [0.717, 1.165) is 30.5 Å². The molecule has 5 nitrogen and oxygen atoms in total. The largest absolute Gasteiger partial charge is 0.474 e. The van der Waals surface area contributed by atoms with Gasteiger partial charge in [-0.1, -0.05) is 12.1 Å². The molecule has 5 heteroatoms. The van der Waals surface area contributed by atoms with Crippen LogP contribution in [-0.2, 0) is 0 Å². The Kier molecular flexibility index (Phi) is 3.46. The number of ether oxygens (including phenoxy) is 2. The Morgan fingerprint density at radius 3 is 2.58 bits per heavy atom. The van der Waals surface area contributed by atoms with Crippen molar-refractivity contribution in [2.24, 2.45) is 0 Å². The zero-order valence-electron chi connectivity index (χ0n) is 10.9. The number of nitrogens with zero attached hydrogens (tertiary/aromatic N) is 2. The highest BCUT2D eigenvalue weighted by Crippen LogP contribution is 2.27. The molecule has 3 rings (SSSR count). The fraction of sp³-hybridized carbons (Fsp3) is 0.429. The molecule has 1 saturated heterocycles. The normalized spacial score (nSPS) is 18.7. The Bertz CT molecular complexity index is 568. The number of nitrogens with one attached hydrogen (secondary N) is 1. The van der Waals surface area contributed by atoms with Crippen molar-refractivity contribution in [2.75, 3.05) is 19.7 Å². The van der Waals surface area contributed by atoms with Gasteiger partial charge in [0.2, 0.25) is 0 Å². The molecule has 0 aliphatic carbocycles. The first-order valence-electron chi connectivity index (χ1n) is 6.64. The summed E-state index contributed by atoms with van der Waals surface area (Å²) in [5.74, 6) is 0.974. The van der Waals surface area contributed by atoms with Crippen LogP contribution in [-0.4, -0.2) is 35.8 Å². The molecule has 1 fully saturated rings. The lowest BCUT2D eigenvalue weighted by Crippen LogP contribution is -2.20. The fourth-order valence-corrected chi connectivity index (χ4v) is 2.16. The van der Waals surface area contributed by atoms with Gasteiger partial charge in [0.05, 0.1) is 17.6 Å². The Morgan fingerprint density at radius 1 is 1.21 bits per heavy atom. The van der Waals surface area contributed by atoms with Gasteiger partial charge in [0.1, 0.15) is 6.10 Å². The van der Waals surface area contributed by atoms with Crippen molar-refractivity contribution in [3.8, 4) is 11.8 Å². The molecular formula is C14H17N3O2. The highest BCUT2D eigenvalue weighted by Gasteiger charge is 2.20. The van der Waals surface area contributed by atoms with Gasteiger partial charge >= 0.3 is 0 Å². The van der Waals surface area contributed by atoms with Gasteiger partial charge in [-0.05, 0) is 32.0 Å². The Balaban J connectivity index is 1.96. The van der Waals surface area contributed by atoms with E-state index in [2.05, 4.69) is 15.3 Å². The van der Waals surface area contributed by atoms with Crippen LogP contribution in [0.4, 0.5) is 0 Å². The average Bonchev–Trinajstić information content (AvgIpc) is 2.93. The number of benzene rings is 1. The van der Waals surface area contributed by atoms with Crippen molar-refractivity contribution >= 4 is 11.0 Å². The Hall–Kier alpha value is -1.88. The average molecular weight is 259 g/mol. The Labute approximate surface area is 112 Å². The van der Waals surface area contributed by atoms with Gasteiger partial charge in [0, 0.05) is 6.54 Å². The fourth-order valence-electron chi connectivity index (χ4n) is 2.16. The van der Waals surface area contributed by atoms with Crippen LogP contribution in [0.15, 0.2) is 24.3 Å². The number of aromatic nitrogens is 2. The molecule has 0 spiro atoms. The second-order valence-corrected chi connectivity index (χ2v) is 4.49. The minimum atomic E-state index is 0.148. The van der Waals surface area contributed by atoms with Crippen molar-refractivity contribution in [3.05, 3.63) is 24.3 Å². The lowest BCUT2D eigenvalue weighted by Gasteiger charge is -2.14. The van der Waals surface area contributed by atoms with E-state index in [1.807, 2.05) is 31.2 Å². The number of rotatable bonds is 4. The quantitative estimate of drug-likeness (QED) is 0.907. The van der Waals surface area contributed by atoms with Crippen molar-refractivity contribution in [1.29, 1.82) is 0 Å². The summed E-state index contributed by atoms with van der Waals surface area (Å²) in [5, 5.41) is 3.27. The number of hydrogen-bond donors (Lipinski definition) is 1. The van der Waals surface area contributed by atoms with Gasteiger partial charge in [0.25, 0.3) is 11.8 Å². The van der Waals surface area contributed by atoms with E-state index in [-0.39, 0.29) is 6.10 Å². The van der Waals surface area contributed by atoms with E-state index in [0.29, 0.717) is 18.4 Å². The smallest absolute Gasteiger partial charge is 0.279 e. The minimum absolute atomic E-state index is 0.148. The molecule has 0 bridgehead atoms. The number of para-hydroxylation sites is 2. The van der Waals surface area contributed by atoms with Crippen LogP contribution >= 0.6 is 0 Å². The van der Waals surface area contributed by atoms with Crippen LogP contribution in [0.3, 0.4) is 0 Å². The summed E-state index contributed by atoms with van der Waals surface area (Å²) in [6.45, 7) is 4.31. The van der Waals surface area contributed by atoms with E-state index in [9.17, 15) is 0 Å². The second kappa shape index (κ2) is 5.40. The minimum Gasteiger partial charge on any atom is -0.474 e. The lowest BCUT2D eigenvalue weighted by molar-refractivity contribution is 0.196. The summed E-state index contributed by atoms with van der Waals surface area (Å²) >= 11 is 0. The third-order valence-electron chi connectivity index (χ3n) is 3.08. The molecule has 2 heterocycles. The first-order chi connectivity index (χ1) is 9.36. The van der Waals surface area contributed by atoms with Crippen LogP contribution in [0, 0.1) is 0 Å². The summed E-state index contributed by atoms with van der Waals surface area (Å²) in [7, 11) is 0. The maximum Gasteiger partial charge on any atom is 0.279 e. The molecule has 1 N–H and O–H groups in total. The van der Waals surface area contributed by atoms with Crippen molar-refractivity contribution in [3.63, 3.8) is 0 Å². The lowest BCUT2D eigenvalue weighted by atomic mass is 10.3. The summed E-state index contributed by atoms with van der Waals surface area (Å²) in [6.07, 6.45) is 1.13. The summed E-state index contributed by atoms with van der Waals surface area (Å²) in [4.78, 5) is 9.00. The first-order valence-corrected chi connectivity index (χ1v) is 6.64. The topological polar surface area (TPSA) is 56.3 Å². The van der Waals surface area contributed by atoms with E-state index in [4.69, 9.17) is 9.47 Å². The summed E-state index contributed by atoms with van der Waals surface area (Å²) in [6, 6.07) is 7.73. The molecule has 1 unspecified atom stereocenters. The van der Waals surface area contributed by atoms with Gasteiger partial charge in [-0.2, -0.15) is 0 Å². The molecule has 1 aromatic heterocycles. The Morgan fingerprint density at radius 2 is 1.95 bits per heavy atom. The maximum atomic E-state index is 5.91. The third kappa shape index (κ3) is 2.61. The maximum absolute atomic E-state index is 5.91. The number of fused-ring (bicyclic) bond motifs is 1. The van der Waals surface area contributed by atoms with Crippen molar-refractivity contribution in [1.82, 2.24) is 15.3 Å². The third-order valence-corrected chi connectivity index (χ3v) is 3.08. The highest BCUT2D eigenvalue weighted by atomic mass is 16.5. The zero-order valence-corrected chi connectivity index (χ0v) is 10.9. The molecular weight excluding hydrogens is 242 g/mol. The van der Waals surface area contributed by atoms with E-state index in [1.54, 1.807) is 0 Å². The van der Waals surface area contributed by atoms with Crippen LogP contribution in [0.1, 0.15) is 13.3 Å². The summed E-state index contributed by atoms with van der Waals surface area (Å²) in [5.41, 5.74) is 1.65. The zero-order chi connectivity index (χ0) is 13.1. The standard InChI is InChI=1S/C14H17N3O2/c1-2-18-13-14(19-10-7-8-15-9-10)17-12-6-4-3-5-11(12)16-13/h3-6,10,15H,2,7-9H2,1H3. The van der Waals surface area contributed by atoms with Crippen molar-refractivity contribution < 1.29 is 9.47 Å². The molecule has 1 aliphatic rings. The van der Waals surface area contributed by atoms with Gasteiger partial charge in [-0.25, -0.2) is 9.97 Å². The van der Waals surface area contributed by atoms with E-state index in [1.165, 1.54) is 0 Å². The van der Waals surface area contributed by atoms with Gasteiger partial charge < -0.3 is 14.8 Å². The van der Waals surface area contributed by atoms with Crippen molar-refractivity contribution in [2.45, 2.75) is 19.4 Å². The molecule has 0 amide bonds. The van der Waals surface area contributed by atoms with Gasteiger partial charge in [-0.15, -0.1) is 0 Å². The molecule has 1 aromatic carbocycles. The number of hydrogen-bond acceptors (Lipinski definition) is 5. The predicted molar refractivity (Wildman–Crippen MR) is 72.6 cm³/mol. The monoisotopic (exact) mass is 259 g/mol. The SMILES string of the molecule is CCOc1nc2ccccc2nc1OC1CCNC1. The highest BCUT2D eigenvalue weighted by molar-refractivity contribution is 5.75. The molecule has 0 saturated carbocycles. The van der Waals surface area contributed by atoms with Gasteiger partial charge in [-0.3, -0.25) is 0 Å². The molecule has 1 aliphatic heterocycles. The second-order valence-electron chi connectivity index (χ2n) is 4.49. The molecule has 1 atom stereocenters. The van der Waals surface area contributed by atoms with E-state index < -0.39 is 0 Å². The van der Waals surface area contributed by atoms with Crippen LogP contribution in [0.2, 0.25) is 0 Å². The first kappa shape index (κ1) is 12.2. The molecule has 0 radical (unpaired) electrons. The van der Waals surface area contributed by atoms with Gasteiger partial charge in [0.15, 0.2) is 0 Å². The van der Waals surface area contributed by atoms with Crippen LogP contribution < -0.4 is 14.8 Å².